The summed E-state index contributed by atoms with van der Waals surface area (Å²) in [5, 5.41) is 14.0. The number of hydrogen-bond donors (Lipinski definition) is 2. The fraction of sp³-hybridized carbons (Fsp3) is 0.217. The number of nitrogens with one attached hydrogen (secondary N) is 1. The minimum Gasteiger partial charge on any atom is -0.493 e. The SMILES string of the molecule is COc1cc(CNCC(O)c2ccccc2)c(Cl)cc1OCc1ccc(F)cc1. The van der Waals surface area contributed by atoms with Gasteiger partial charge >= 0.3 is 0 Å². The average Bonchev–Trinajstić information content (AvgIpc) is 2.75. The zero-order chi connectivity index (χ0) is 20.6. The van der Waals surface area contributed by atoms with Crippen LogP contribution in [0.15, 0.2) is 66.7 Å². The second-order valence-electron chi connectivity index (χ2n) is 6.57. The van der Waals surface area contributed by atoms with Crippen LogP contribution in [0.1, 0.15) is 22.8 Å². The molecule has 0 aliphatic rings. The van der Waals surface area contributed by atoms with Gasteiger partial charge in [0.25, 0.3) is 0 Å². The summed E-state index contributed by atoms with van der Waals surface area (Å²) in [5.41, 5.74) is 2.52. The van der Waals surface area contributed by atoms with Crippen LogP contribution in [-0.2, 0) is 13.2 Å². The molecule has 0 saturated carbocycles. The largest absolute Gasteiger partial charge is 0.493 e. The summed E-state index contributed by atoms with van der Waals surface area (Å²) in [6.45, 7) is 1.14. The molecule has 1 atom stereocenters. The first kappa shape index (κ1) is 21.1. The zero-order valence-corrected chi connectivity index (χ0v) is 16.8. The fourth-order valence-electron chi connectivity index (χ4n) is 2.86. The molecule has 0 bridgehead atoms. The van der Waals surface area contributed by atoms with Crippen molar-refractivity contribution in [2.45, 2.75) is 19.3 Å². The minimum absolute atomic E-state index is 0.272. The van der Waals surface area contributed by atoms with Gasteiger partial charge in [0.2, 0.25) is 0 Å². The van der Waals surface area contributed by atoms with Crippen LogP contribution in [0.2, 0.25) is 5.02 Å². The summed E-state index contributed by atoms with van der Waals surface area (Å²) in [4.78, 5) is 0. The van der Waals surface area contributed by atoms with E-state index in [-0.39, 0.29) is 12.4 Å². The Hall–Kier alpha value is -2.60. The lowest BCUT2D eigenvalue weighted by atomic mass is 10.1. The predicted octanol–water partition coefficient (Wildman–Crippen LogP) is 4.89. The number of aliphatic hydroxyl groups excluding tert-OH is 1. The Balaban J connectivity index is 1.60. The first-order valence-corrected chi connectivity index (χ1v) is 9.62. The third-order valence-corrected chi connectivity index (χ3v) is 4.83. The van der Waals surface area contributed by atoms with Crippen molar-refractivity contribution in [1.29, 1.82) is 0 Å². The molecule has 0 aliphatic heterocycles. The highest BCUT2D eigenvalue weighted by atomic mass is 35.5. The first-order chi connectivity index (χ1) is 14.1. The second-order valence-corrected chi connectivity index (χ2v) is 6.97. The third kappa shape index (κ3) is 5.94. The van der Waals surface area contributed by atoms with Gasteiger partial charge in [-0.05, 0) is 34.9 Å². The smallest absolute Gasteiger partial charge is 0.163 e. The maximum atomic E-state index is 13.0. The van der Waals surface area contributed by atoms with Crippen LogP contribution >= 0.6 is 11.6 Å². The quantitative estimate of drug-likeness (QED) is 0.522. The Morgan fingerprint density at radius 2 is 1.76 bits per heavy atom. The highest BCUT2D eigenvalue weighted by Gasteiger charge is 2.12. The van der Waals surface area contributed by atoms with Gasteiger partial charge in [-0.25, -0.2) is 4.39 Å². The van der Waals surface area contributed by atoms with E-state index in [1.165, 1.54) is 12.1 Å². The molecule has 0 spiro atoms. The normalized spacial score (nSPS) is 11.9. The number of benzene rings is 3. The van der Waals surface area contributed by atoms with E-state index in [9.17, 15) is 9.50 Å². The molecule has 0 heterocycles. The molecule has 29 heavy (non-hydrogen) atoms. The van der Waals surface area contributed by atoms with Crippen molar-refractivity contribution in [2.75, 3.05) is 13.7 Å². The standard InChI is InChI=1S/C23H23ClFNO3/c1-28-22-11-18(13-26-14-21(27)17-5-3-2-4-6-17)20(24)12-23(22)29-15-16-7-9-19(25)10-8-16/h2-12,21,26-27H,13-15H2,1H3. The van der Waals surface area contributed by atoms with E-state index in [2.05, 4.69) is 5.32 Å². The molecule has 0 fully saturated rings. The molecular weight excluding hydrogens is 393 g/mol. The van der Waals surface area contributed by atoms with Gasteiger partial charge in [0, 0.05) is 24.2 Å². The summed E-state index contributed by atoms with van der Waals surface area (Å²) in [5.74, 6) is 0.774. The molecule has 6 heteroatoms. The van der Waals surface area contributed by atoms with Crippen LogP contribution < -0.4 is 14.8 Å². The van der Waals surface area contributed by atoms with Crippen molar-refractivity contribution in [3.05, 3.63) is 94.3 Å². The molecule has 0 aromatic heterocycles. The lowest BCUT2D eigenvalue weighted by molar-refractivity contribution is 0.174. The molecule has 4 nitrogen and oxygen atoms in total. The molecule has 3 aromatic rings. The van der Waals surface area contributed by atoms with E-state index in [1.807, 2.05) is 36.4 Å². The summed E-state index contributed by atoms with van der Waals surface area (Å²) in [7, 11) is 1.56. The Bertz CT molecular complexity index is 919. The summed E-state index contributed by atoms with van der Waals surface area (Å²) < 4.78 is 24.2. The molecule has 0 aliphatic carbocycles. The van der Waals surface area contributed by atoms with E-state index < -0.39 is 6.10 Å². The highest BCUT2D eigenvalue weighted by molar-refractivity contribution is 6.31. The van der Waals surface area contributed by atoms with Gasteiger partial charge in [-0.3, -0.25) is 0 Å². The lowest BCUT2D eigenvalue weighted by Crippen LogP contribution is -2.21. The van der Waals surface area contributed by atoms with Crippen molar-refractivity contribution in [3.63, 3.8) is 0 Å². The van der Waals surface area contributed by atoms with Crippen LogP contribution in [-0.4, -0.2) is 18.8 Å². The van der Waals surface area contributed by atoms with Crippen LogP contribution in [0.25, 0.3) is 0 Å². The van der Waals surface area contributed by atoms with E-state index >= 15 is 0 Å². The van der Waals surface area contributed by atoms with Gasteiger partial charge < -0.3 is 19.9 Å². The number of hydrogen-bond acceptors (Lipinski definition) is 4. The number of methoxy groups -OCH3 is 1. The first-order valence-electron chi connectivity index (χ1n) is 9.24. The van der Waals surface area contributed by atoms with Crippen molar-refractivity contribution in [2.24, 2.45) is 0 Å². The van der Waals surface area contributed by atoms with Crippen LogP contribution in [0.5, 0.6) is 11.5 Å². The Morgan fingerprint density at radius 1 is 1.03 bits per heavy atom. The molecule has 1 unspecified atom stereocenters. The van der Waals surface area contributed by atoms with Gasteiger partial charge in [0.1, 0.15) is 12.4 Å². The molecule has 0 saturated heterocycles. The molecular formula is C23H23ClFNO3. The minimum atomic E-state index is -0.602. The van der Waals surface area contributed by atoms with Gasteiger partial charge in [-0.15, -0.1) is 0 Å². The van der Waals surface area contributed by atoms with E-state index in [1.54, 1.807) is 25.3 Å². The Morgan fingerprint density at radius 3 is 2.45 bits per heavy atom. The van der Waals surface area contributed by atoms with Gasteiger partial charge in [-0.2, -0.15) is 0 Å². The second kappa shape index (κ2) is 10.3. The zero-order valence-electron chi connectivity index (χ0n) is 16.1. The predicted molar refractivity (Wildman–Crippen MR) is 112 cm³/mol. The fourth-order valence-corrected chi connectivity index (χ4v) is 3.08. The van der Waals surface area contributed by atoms with E-state index in [4.69, 9.17) is 21.1 Å². The van der Waals surface area contributed by atoms with Crippen LogP contribution in [0, 0.1) is 5.82 Å². The van der Waals surface area contributed by atoms with Gasteiger partial charge in [0.15, 0.2) is 11.5 Å². The topological polar surface area (TPSA) is 50.7 Å². The maximum Gasteiger partial charge on any atom is 0.163 e. The summed E-state index contributed by atoms with van der Waals surface area (Å²) in [6, 6.07) is 19.1. The monoisotopic (exact) mass is 415 g/mol. The molecule has 0 radical (unpaired) electrons. The summed E-state index contributed by atoms with van der Waals surface area (Å²) in [6.07, 6.45) is -0.602. The number of halogens is 2. The average molecular weight is 416 g/mol. The van der Waals surface area contributed by atoms with Crippen LogP contribution in [0.4, 0.5) is 4.39 Å². The molecule has 2 N–H and O–H groups in total. The number of ether oxygens (including phenoxy) is 2. The highest BCUT2D eigenvalue weighted by Crippen LogP contribution is 2.34. The van der Waals surface area contributed by atoms with Gasteiger partial charge in [-0.1, -0.05) is 54.1 Å². The molecule has 0 amide bonds. The lowest BCUT2D eigenvalue weighted by Gasteiger charge is -2.16. The Kier molecular flexibility index (Phi) is 7.47. The number of aliphatic hydroxyl groups is 1. The van der Waals surface area contributed by atoms with Crippen molar-refractivity contribution in [3.8, 4) is 11.5 Å². The van der Waals surface area contributed by atoms with Crippen LogP contribution in [0.3, 0.4) is 0 Å². The Labute approximate surface area is 174 Å². The van der Waals surface area contributed by atoms with E-state index in [0.29, 0.717) is 29.6 Å². The van der Waals surface area contributed by atoms with E-state index in [0.717, 1.165) is 16.7 Å². The van der Waals surface area contributed by atoms with Gasteiger partial charge in [0.05, 0.1) is 13.2 Å². The third-order valence-electron chi connectivity index (χ3n) is 4.48. The molecule has 152 valence electrons. The molecule has 3 rings (SSSR count). The van der Waals surface area contributed by atoms with Crippen molar-refractivity contribution >= 4 is 11.6 Å². The summed E-state index contributed by atoms with van der Waals surface area (Å²) >= 11 is 6.41. The van der Waals surface area contributed by atoms with Crippen molar-refractivity contribution < 1.29 is 19.0 Å². The number of rotatable bonds is 9. The maximum absolute atomic E-state index is 13.0. The molecule has 3 aromatic carbocycles. The van der Waals surface area contributed by atoms with Crippen molar-refractivity contribution in [1.82, 2.24) is 5.32 Å².